The number of piperidine rings is 1. The Bertz CT molecular complexity index is 1640. The van der Waals surface area contributed by atoms with E-state index in [4.69, 9.17) is 21.4 Å². The molecule has 1 atom stereocenters. The second-order valence-corrected chi connectivity index (χ2v) is 11.1. The highest BCUT2D eigenvalue weighted by atomic mass is 35.5. The number of halogens is 1. The van der Waals surface area contributed by atoms with E-state index < -0.39 is 0 Å². The van der Waals surface area contributed by atoms with Gasteiger partial charge in [-0.25, -0.2) is 9.67 Å². The summed E-state index contributed by atoms with van der Waals surface area (Å²) in [4.78, 5) is 46.2. The number of carbonyl (C=O) groups excluding carboxylic acids is 2. The van der Waals surface area contributed by atoms with Crippen LogP contribution in [-0.4, -0.2) is 55.6 Å². The second-order valence-electron chi connectivity index (χ2n) is 9.84. The first kappa shape index (κ1) is 27.1. The monoisotopic (exact) mass is 567 g/mol. The number of aryl methyl sites for hydroxylation is 3. The molecule has 9 nitrogen and oxygen atoms in total. The van der Waals surface area contributed by atoms with Crippen molar-refractivity contribution in [2.45, 2.75) is 47.0 Å². The Labute approximate surface area is 235 Å². The molecule has 1 saturated heterocycles. The van der Waals surface area contributed by atoms with Gasteiger partial charge in [-0.1, -0.05) is 17.7 Å². The van der Waals surface area contributed by atoms with E-state index >= 15 is 0 Å². The van der Waals surface area contributed by atoms with Crippen LogP contribution in [0.3, 0.4) is 0 Å². The summed E-state index contributed by atoms with van der Waals surface area (Å²) in [5, 5.41) is 7.16. The third-order valence-corrected chi connectivity index (χ3v) is 8.20. The highest BCUT2D eigenvalue weighted by Crippen LogP contribution is 2.26. The quantitative estimate of drug-likeness (QED) is 0.317. The van der Waals surface area contributed by atoms with Crippen LogP contribution in [0.1, 0.15) is 42.4 Å². The van der Waals surface area contributed by atoms with Crippen LogP contribution in [0.25, 0.3) is 21.9 Å². The molecule has 204 valence electrons. The number of benzene rings is 1. The number of carbonyl (C=O) groups is 2. The van der Waals surface area contributed by atoms with E-state index in [1.807, 2.05) is 38.1 Å². The number of fused-ring (bicyclic) bond motifs is 1. The first-order valence-corrected chi connectivity index (χ1v) is 14.2. The van der Waals surface area contributed by atoms with Crippen molar-refractivity contribution in [3.05, 3.63) is 67.7 Å². The summed E-state index contributed by atoms with van der Waals surface area (Å²) in [5.41, 5.74) is 4.45. The Balaban J connectivity index is 1.47. The standard InChI is InChI=1S/C28H30ClN5O4S/c1-5-38-27(37)19-7-6-10-32(14-19)24(35)13-21-15-39-28-30-18(4)25(26(36)33(21)28)22-11-17(3)34(31-22)23-12-20(29)9-8-16(23)2/h8-9,11-12,15,19H,5-7,10,13-14H2,1-4H3/t19-/m1/s1. The van der Waals surface area contributed by atoms with E-state index in [-0.39, 0.29) is 29.8 Å². The smallest absolute Gasteiger partial charge is 0.310 e. The van der Waals surface area contributed by atoms with Crippen LogP contribution in [0.2, 0.25) is 5.02 Å². The number of nitrogens with zero attached hydrogens (tertiary/aromatic N) is 5. The fraction of sp³-hybridized carbons (Fsp3) is 0.393. The minimum Gasteiger partial charge on any atom is -0.466 e. The number of likely N-dealkylation sites (tertiary alicyclic amines) is 1. The summed E-state index contributed by atoms with van der Waals surface area (Å²) in [6.07, 6.45) is 1.48. The minimum absolute atomic E-state index is 0.0365. The van der Waals surface area contributed by atoms with Crippen molar-refractivity contribution in [2.75, 3.05) is 19.7 Å². The van der Waals surface area contributed by atoms with Crippen LogP contribution >= 0.6 is 22.9 Å². The lowest BCUT2D eigenvalue weighted by molar-refractivity contribution is -0.151. The van der Waals surface area contributed by atoms with Crippen molar-refractivity contribution in [1.82, 2.24) is 24.1 Å². The molecule has 0 radical (unpaired) electrons. The predicted molar refractivity (Wildman–Crippen MR) is 151 cm³/mol. The number of hydrogen-bond acceptors (Lipinski definition) is 7. The number of thiazole rings is 1. The average molecular weight is 568 g/mol. The summed E-state index contributed by atoms with van der Waals surface area (Å²) in [5.74, 6) is -0.713. The third-order valence-electron chi connectivity index (χ3n) is 7.09. The van der Waals surface area contributed by atoms with Crippen LogP contribution in [-0.2, 0) is 20.7 Å². The lowest BCUT2D eigenvalue weighted by Gasteiger charge is -2.31. The van der Waals surface area contributed by atoms with Gasteiger partial charge < -0.3 is 9.64 Å². The third kappa shape index (κ3) is 5.23. The topological polar surface area (TPSA) is 98.8 Å². The fourth-order valence-corrected chi connectivity index (χ4v) is 6.19. The van der Waals surface area contributed by atoms with Crippen molar-refractivity contribution in [2.24, 2.45) is 5.92 Å². The summed E-state index contributed by atoms with van der Waals surface area (Å²) in [6, 6.07) is 7.46. The van der Waals surface area contributed by atoms with Gasteiger partial charge in [0.1, 0.15) is 5.69 Å². The summed E-state index contributed by atoms with van der Waals surface area (Å²) in [7, 11) is 0. The van der Waals surface area contributed by atoms with E-state index in [0.717, 1.165) is 23.4 Å². The van der Waals surface area contributed by atoms with E-state index in [2.05, 4.69) is 4.98 Å². The van der Waals surface area contributed by atoms with Crippen LogP contribution in [0, 0.1) is 26.7 Å². The lowest BCUT2D eigenvalue weighted by atomic mass is 9.98. The fourth-order valence-electron chi connectivity index (χ4n) is 5.10. The maximum absolute atomic E-state index is 13.9. The van der Waals surface area contributed by atoms with Gasteiger partial charge in [0.25, 0.3) is 5.56 Å². The van der Waals surface area contributed by atoms with Gasteiger partial charge in [0.15, 0.2) is 4.96 Å². The molecule has 4 aromatic rings. The normalized spacial score (nSPS) is 15.6. The molecule has 0 unspecified atom stereocenters. The van der Waals surface area contributed by atoms with E-state index in [1.54, 1.807) is 28.8 Å². The average Bonchev–Trinajstić information content (AvgIpc) is 3.48. The molecule has 3 aromatic heterocycles. The highest BCUT2D eigenvalue weighted by Gasteiger charge is 2.30. The first-order valence-electron chi connectivity index (χ1n) is 13.0. The zero-order valence-electron chi connectivity index (χ0n) is 22.4. The van der Waals surface area contributed by atoms with Crippen molar-refractivity contribution in [1.29, 1.82) is 0 Å². The maximum Gasteiger partial charge on any atom is 0.310 e. The Hall–Kier alpha value is -3.50. The Kier molecular flexibility index (Phi) is 7.59. The molecule has 0 aliphatic carbocycles. The molecular formula is C28H30ClN5O4S. The lowest BCUT2D eigenvalue weighted by Crippen LogP contribution is -2.43. The second kappa shape index (κ2) is 10.9. The van der Waals surface area contributed by atoms with Crippen molar-refractivity contribution in [3.63, 3.8) is 0 Å². The summed E-state index contributed by atoms with van der Waals surface area (Å²) in [6.45, 7) is 8.70. The Morgan fingerprint density at radius 2 is 2.00 bits per heavy atom. The molecule has 11 heteroatoms. The molecule has 1 aliphatic heterocycles. The Morgan fingerprint density at radius 3 is 2.77 bits per heavy atom. The molecule has 0 bridgehead atoms. The summed E-state index contributed by atoms with van der Waals surface area (Å²) < 4.78 is 8.45. The van der Waals surface area contributed by atoms with Gasteiger partial charge in [-0.3, -0.25) is 18.8 Å². The van der Waals surface area contributed by atoms with E-state index in [1.165, 1.54) is 15.7 Å². The number of rotatable bonds is 6. The van der Waals surface area contributed by atoms with Crippen LogP contribution in [0.15, 0.2) is 34.4 Å². The molecule has 1 amide bonds. The maximum atomic E-state index is 13.9. The van der Waals surface area contributed by atoms with Gasteiger partial charge >= 0.3 is 5.97 Å². The Morgan fingerprint density at radius 1 is 1.21 bits per heavy atom. The molecule has 1 fully saturated rings. The van der Waals surface area contributed by atoms with Gasteiger partial charge in [0.05, 0.1) is 35.9 Å². The molecule has 0 N–H and O–H groups in total. The van der Waals surface area contributed by atoms with Crippen LogP contribution in [0.5, 0.6) is 0 Å². The number of esters is 1. The predicted octanol–water partition coefficient (Wildman–Crippen LogP) is 4.53. The number of aromatic nitrogens is 4. The molecule has 0 saturated carbocycles. The molecule has 39 heavy (non-hydrogen) atoms. The van der Waals surface area contributed by atoms with Gasteiger partial charge in [-0.2, -0.15) is 5.10 Å². The van der Waals surface area contributed by atoms with E-state index in [0.29, 0.717) is 58.7 Å². The van der Waals surface area contributed by atoms with E-state index in [9.17, 15) is 14.4 Å². The van der Waals surface area contributed by atoms with Crippen LogP contribution < -0.4 is 5.56 Å². The minimum atomic E-state index is -0.318. The van der Waals surface area contributed by atoms with Crippen LogP contribution in [0.4, 0.5) is 0 Å². The zero-order valence-corrected chi connectivity index (χ0v) is 23.9. The highest BCUT2D eigenvalue weighted by molar-refractivity contribution is 7.15. The molecule has 1 aromatic carbocycles. The van der Waals surface area contributed by atoms with Gasteiger partial charge in [-0.05, 0) is 64.3 Å². The van der Waals surface area contributed by atoms with Gasteiger partial charge in [-0.15, -0.1) is 11.3 Å². The van der Waals surface area contributed by atoms with Crippen molar-refractivity contribution < 1.29 is 14.3 Å². The van der Waals surface area contributed by atoms with Crippen molar-refractivity contribution >= 4 is 39.8 Å². The zero-order chi connectivity index (χ0) is 27.8. The molecule has 4 heterocycles. The first-order chi connectivity index (χ1) is 18.7. The number of amides is 1. The summed E-state index contributed by atoms with van der Waals surface area (Å²) >= 11 is 7.56. The molecule has 5 rings (SSSR count). The SMILES string of the molecule is CCOC(=O)[C@@H]1CCCN(C(=O)Cc2csc3nc(C)c(-c4cc(C)n(-c5cc(Cl)ccc5C)n4)c(=O)n23)C1. The van der Waals surface area contributed by atoms with Gasteiger partial charge in [0.2, 0.25) is 5.91 Å². The largest absolute Gasteiger partial charge is 0.466 e. The molecule has 1 aliphatic rings. The van der Waals surface area contributed by atoms with Crippen molar-refractivity contribution in [3.8, 4) is 16.9 Å². The molecule has 0 spiro atoms. The molecular weight excluding hydrogens is 538 g/mol. The van der Waals surface area contributed by atoms with Gasteiger partial charge in [0, 0.05) is 34.9 Å². The number of ether oxygens (including phenoxy) is 1. The number of hydrogen-bond donors (Lipinski definition) is 0.